The monoisotopic (exact) mass is 591 g/mol. The summed E-state index contributed by atoms with van der Waals surface area (Å²) in [4.78, 5) is 18.8. The van der Waals surface area contributed by atoms with E-state index in [9.17, 15) is 0 Å². The van der Waals surface area contributed by atoms with Gasteiger partial charge >= 0.3 is 0 Å². The lowest BCUT2D eigenvalue weighted by atomic mass is 9.82. The third-order valence-corrected chi connectivity index (χ3v) is 9.91. The van der Waals surface area contributed by atoms with Crippen LogP contribution in [0.25, 0.3) is 0 Å². The smallest absolute Gasteiger partial charge is 0.232 e. The standard InChI is InChI=1S/C34H57N9/c1-2-3-21-42-22-23-43(26-31(42)29-11-6-4-7-12-29)34-40-32(35)39-33(41-34)38-25-28-17-15-27(16-18-28)24-36-19-10-20-37-30-13-8-5-9-14-30/h4,6-7,11-12,27-28,30-31,36-37H,2-3,5,8-10,13-26H2,1H3,(H3,35,38,39,40,41). The molecule has 9 nitrogen and oxygen atoms in total. The predicted octanol–water partition coefficient (Wildman–Crippen LogP) is 5.24. The van der Waals surface area contributed by atoms with Gasteiger partial charge < -0.3 is 26.6 Å². The van der Waals surface area contributed by atoms with Crippen molar-refractivity contribution in [3.63, 3.8) is 0 Å². The molecule has 1 saturated heterocycles. The molecule has 1 aliphatic heterocycles. The Morgan fingerprint density at radius 2 is 1.60 bits per heavy atom. The number of hydrogen-bond donors (Lipinski definition) is 4. The van der Waals surface area contributed by atoms with Crippen LogP contribution in [0, 0.1) is 11.8 Å². The molecule has 1 aromatic carbocycles. The molecule has 5 rings (SSSR count). The number of benzene rings is 1. The molecular weight excluding hydrogens is 534 g/mol. The van der Waals surface area contributed by atoms with E-state index >= 15 is 0 Å². The van der Waals surface area contributed by atoms with Crippen molar-refractivity contribution < 1.29 is 0 Å². The number of rotatable bonds is 15. The van der Waals surface area contributed by atoms with E-state index in [4.69, 9.17) is 10.7 Å². The van der Waals surface area contributed by atoms with Crippen LogP contribution in [0.15, 0.2) is 30.3 Å². The Morgan fingerprint density at radius 3 is 2.37 bits per heavy atom. The lowest BCUT2D eigenvalue weighted by molar-refractivity contribution is 0.174. The van der Waals surface area contributed by atoms with Gasteiger partial charge in [-0.05, 0) is 94.9 Å². The highest BCUT2D eigenvalue weighted by molar-refractivity contribution is 5.43. The molecule has 9 heteroatoms. The van der Waals surface area contributed by atoms with Gasteiger partial charge in [0.1, 0.15) is 0 Å². The SMILES string of the molecule is CCCCN1CCN(c2nc(N)nc(NCC3CCC(CNCCCNC4CCCCC4)CC3)n2)CC1c1ccccc1. The quantitative estimate of drug-likeness (QED) is 0.207. The highest BCUT2D eigenvalue weighted by atomic mass is 15.4. The van der Waals surface area contributed by atoms with Crippen molar-refractivity contribution in [3.05, 3.63) is 35.9 Å². The Kier molecular flexibility index (Phi) is 12.7. The zero-order valence-corrected chi connectivity index (χ0v) is 26.7. The maximum atomic E-state index is 6.20. The highest BCUT2D eigenvalue weighted by Crippen LogP contribution is 2.30. The van der Waals surface area contributed by atoms with E-state index in [1.807, 2.05) is 0 Å². The van der Waals surface area contributed by atoms with Crippen LogP contribution in [-0.2, 0) is 0 Å². The normalized spacial score (nSPS) is 23.8. The van der Waals surface area contributed by atoms with E-state index in [1.165, 1.54) is 82.6 Å². The summed E-state index contributed by atoms with van der Waals surface area (Å²) >= 11 is 0. The summed E-state index contributed by atoms with van der Waals surface area (Å²) in [6, 6.07) is 11.9. The number of piperazine rings is 1. The third kappa shape index (κ3) is 10.0. The van der Waals surface area contributed by atoms with Gasteiger partial charge in [0.25, 0.3) is 0 Å². The van der Waals surface area contributed by atoms with Gasteiger partial charge in [-0.3, -0.25) is 4.90 Å². The molecule has 2 heterocycles. The number of nitrogens with two attached hydrogens (primary N) is 1. The second-order valence-corrected chi connectivity index (χ2v) is 13.2. The molecule has 43 heavy (non-hydrogen) atoms. The van der Waals surface area contributed by atoms with Crippen molar-refractivity contribution in [1.29, 1.82) is 0 Å². The van der Waals surface area contributed by atoms with Crippen LogP contribution in [-0.4, -0.2) is 78.3 Å². The van der Waals surface area contributed by atoms with Crippen molar-refractivity contribution in [2.24, 2.45) is 11.8 Å². The Morgan fingerprint density at radius 1 is 0.837 bits per heavy atom. The fourth-order valence-corrected chi connectivity index (χ4v) is 7.23. The maximum Gasteiger partial charge on any atom is 0.232 e. The van der Waals surface area contributed by atoms with Gasteiger partial charge in [-0.15, -0.1) is 0 Å². The van der Waals surface area contributed by atoms with Gasteiger partial charge in [-0.2, -0.15) is 15.0 Å². The number of hydrogen-bond acceptors (Lipinski definition) is 9. The van der Waals surface area contributed by atoms with Crippen LogP contribution < -0.4 is 26.6 Å². The Labute approximate surface area is 260 Å². The van der Waals surface area contributed by atoms with Crippen molar-refractivity contribution in [1.82, 2.24) is 30.5 Å². The predicted molar refractivity (Wildman–Crippen MR) is 178 cm³/mol. The number of unbranched alkanes of at least 4 members (excludes halogenated alkanes) is 1. The second-order valence-electron chi connectivity index (χ2n) is 13.2. The van der Waals surface area contributed by atoms with Crippen LogP contribution >= 0.6 is 0 Å². The molecule has 0 amide bonds. The number of nitrogens with one attached hydrogen (secondary N) is 3. The van der Waals surface area contributed by atoms with Crippen molar-refractivity contribution in [2.75, 3.05) is 68.3 Å². The van der Waals surface area contributed by atoms with Gasteiger partial charge in [-0.25, -0.2) is 0 Å². The first-order valence-corrected chi connectivity index (χ1v) is 17.4. The highest BCUT2D eigenvalue weighted by Gasteiger charge is 2.30. The average Bonchev–Trinajstić information content (AvgIpc) is 3.05. The van der Waals surface area contributed by atoms with Crippen LogP contribution in [0.3, 0.4) is 0 Å². The van der Waals surface area contributed by atoms with Crippen LogP contribution in [0.2, 0.25) is 0 Å². The zero-order chi connectivity index (χ0) is 29.7. The molecule has 2 saturated carbocycles. The Balaban J connectivity index is 1.03. The summed E-state index contributed by atoms with van der Waals surface area (Å²) in [5.74, 6) is 3.05. The van der Waals surface area contributed by atoms with E-state index in [0.29, 0.717) is 29.8 Å². The van der Waals surface area contributed by atoms with Gasteiger partial charge in [0.2, 0.25) is 17.8 Å². The molecule has 3 aliphatic rings. The minimum absolute atomic E-state index is 0.292. The molecular formula is C34H57N9. The van der Waals surface area contributed by atoms with Crippen LogP contribution in [0.4, 0.5) is 17.8 Å². The molecule has 0 spiro atoms. The third-order valence-electron chi connectivity index (χ3n) is 9.91. The first-order chi connectivity index (χ1) is 21.2. The molecule has 0 radical (unpaired) electrons. The molecule has 2 aromatic rings. The van der Waals surface area contributed by atoms with Crippen molar-refractivity contribution in [3.8, 4) is 0 Å². The van der Waals surface area contributed by atoms with E-state index in [1.54, 1.807) is 0 Å². The van der Waals surface area contributed by atoms with Gasteiger partial charge in [-0.1, -0.05) is 62.9 Å². The summed E-state index contributed by atoms with van der Waals surface area (Å²) in [7, 11) is 0. The topological polar surface area (TPSA) is 107 Å². The fraction of sp³-hybridized carbons (Fsp3) is 0.735. The number of nitrogen functional groups attached to an aromatic ring is 1. The minimum Gasteiger partial charge on any atom is -0.368 e. The average molecular weight is 592 g/mol. The van der Waals surface area contributed by atoms with E-state index in [2.05, 4.69) is 73.0 Å². The first kappa shape index (κ1) is 31.9. The largest absolute Gasteiger partial charge is 0.368 e. The molecule has 3 fully saturated rings. The van der Waals surface area contributed by atoms with Crippen LogP contribution in [0.5, 0.6) is 0 Å². The fourth-order valence-electron chi connectivity index (χ4n) is 7.23. The lowest BCUT2D eigenvalue weighted by Crippen LogP contribution is -2.49. The first-order valence-electron chi connectivity index (χ1n) is 17.4. The summed E-state index contributed by atoms with van der Waals surface area (Å²) in [6.07, 6.45) is 15.8. The summed E-state index contributed by atoms with van der Waals surface area (Å²) in [6.45, 7) is 10.5. The summed E-state index contributed by atoms with van der Waals surface area (Å²) in [5, 5.41) is 11.0. The number of aromatic nitrogens is 3. The minimum atomic E-state index is 0.292. The molecule has 238 valence electrons. The maximum absolute atomic E-state index is 6.20. The molecule has 1 aromatic heterocycles. The zero-order valence-electron chi connectivity index (χ0n) is 26.7. The number of nitrogens with zero attached hydrogens (tertiary/aromatic N) is 5. The van der Waals surface area contributed by atoms with E-state index < -0.39 is 0 Å². The molecule has 1 unspecified atom stereocenters. The number of anilines is 3. The van der Waals surface area contributed by atoms with Crippen molar-refractivity contribution >= 4 is 17.8 Å². The van der Waals surface area contributed by atoms with Gasteiger partial charge in [0, 0.05) is 32.2 Å². The van der Waals surface area contributed by atoms with Gasteiger partial charge in [0.15, 0.2) is 0 Å². The Bertz CT molecular complexity index is 1050. The summed E-state index contributed by atoms with van der Waals surface area (Å²) in [5.41, 5.74) is 7.54. The van der Waals surface area contributed by atoms with E-state index in [0.717, 1.165) is 64.3 Å². The molecule has 1 atom stereocenters. The lowest BCUT2D eigenvalue weighted by Gasteiger charge is -2.41. The summed E-state index contributed by atoms with van der Waals surface area (Å²) < 4.78 is 0. The van der Waals surface area contributed by atoms with Crippen molar-refractivity contribution in [2.45, 2.75) is 96.1 Å². The molecule has 5 N–H and O–H groups in total. The van der Waals surface area contributed by atoms with Crippen LogP contribution in [0.1, 0.15) is 95.6 Å². The van der Waals surface area contributed by atoms with Gasteiger partial charge in [0.05, 0.1) is 6.04 Å². The molecule has 0 bridgehead atoms. The Hall–Kier alpha value is -2.49. The van der Waals surface area contributed by atoms with E-state index in [-0.39, 0.29) is 0 Å². The molecule has 2 aliphatic carbocycles. The second kappa shape index (κ2) is 17.1.